The van der Waals surface area contributed by atoms with E-state index >= 15 is 0 Å². The molecule has 80 valence electrons. The van der Waals surface area contributed by atoms with E-state index in [1.54, 1.807) is 6.20 Å². The van der Waals surface area contributed by atoms with E-state index in [1.807, 2.05) is 18.2 Å². The van der Waals surface area contributed by atoms with E-state index < -0.39 is 0 Å². The first-order chi connectivity index (χ1) is 7.34. The molecule has 1 saturated carbocycles. The Morgan fingerprint density at radius 2 is 2.33 bits per heavy atom. The quantitative estimate of drug-likeness (QED) is 0.758. The van der Waals surface area contributed by atoms with E-state index in [4.69, 9.17) is 0 Å². The maximum atomic E-state index is 11.3. The summed E-state index contributed by atoms with van der Waals surface area (Å²) < 4.78 is 0. The number of nitrogens with zero attached hydrogens (tertiary/aromatic N) is 1. The first kappa shape index (κ1) is 9.96. The van der Waals surface area contributed by atoms with Gasteiger partial charge in [-0.2, -0.15) is 0 Å². The Kier molecular flexibility index (Phi) is 3.17. The number of amides is 1. The lowest BCUT2D eigenvalue weighted by atomic mass is 10.4. The summed E-state index contributed by atoms with van der Waals surface area (Å²) in [7, 11) is 0. The Morgan fingerprint density at radius 3 is 3.00 bits per heavy atom. The summed E-state index contributed by atoms with van der Waals surface area (Å²) in [6, 6.07) is 6.12. The third-order valence-corrected chi connectivity index (χ3v) is 2.27. The van der Waals surface area contributed by atoms with Crippen LogP contribution in [0.1, 0.15) is 19.3 Å². The van der Waals surface area contributed by atoms with Crippen molar-refractivity contribution < 1.29 is 4.79 Å². The van der Waals surface area contributed by atoms with Gasteiger partial charge in [-0.1, -0.05) is 6.07 Å². The Morgan fingerprint density at radius 1 is 1.47 bits per heavy atom. The van der Waals surface area contributed by atoms with Crippen LogP contribution in [0, 0.1) is 0 Å². The molecule has 0 spiro atoms. The van der Waals surface area contributed by atoms with Crippen LogP contribution in [0.5, 0.6) is 0 Å². The molecule has 1 aliphatic rings. The molecule has 0 atom stereocenters. The molecule has 0 saturated heterocycles. The summed E-state index contributed by atoms with van der Waals surface area (Å²) in [5.74, 6) is 0.942. The normalized spacial score (nSPS) is 14.7. The summed E-state index contributed by atoms with van der Waals surface area (Å²) in [4.78, 5) is 15.4. The van der Waals surface area contributed by atoms with Crippen molar-refractivity contribution in [2.75, 3.05) is 11.9 Å². The van der Waals surface area contributed by atoms with Gasteiger partial charge < -0.3 is 10.6 Å². The van der Waals surface area contributed by atoms with Crippen LogP contribution >= 0.6 is 0 Å². The summed E-state index contributed by atoms with van der Waals surface area (Å²) >= 11 is 0. The van der Waals surface area contributed by atoms with E-state index in [0.717, 1.165) is 18.7 Å². The minimum absolute atomic E-state index is 0.126. The highest BCUT2D eigenvalue weighted by Gasteiger charge is 2.22. The fourth-order valence-corrected chi connectivity index (χ4v) is 1.30. The van der Waals surface area contributed by atoms with Crippen molar-refractivity contribution in [3.8, 4) is 0 Å². The predicted molar refractivity (Wildman–Crippen MR) is 58.5 cm³/mol. The molecule has 0 radical (unpaired) electrons. The second-order valence-electron chi connectivity index (χ2n) is 3.73. The lowest BCUT2D eigenvalue weighted by Crippen LogP contribution is -2.27. The van der Waals surface area contributed by atoms with Crippen molar-refractivity contribution in [2.45, 2.75) is 25.3 Å². The van der Waals surface area contributed by atoms with Crippen molar-refractivity contribution in [1.82, 2.24) is 10.3 Å². The SMILES string of the molecule is O=C(CCNc1ccccn1)NC1CC1. The van der Waals surface area contributed by atoms with Crippen molar-refractivity contribution in [3.63, 3.8) is 0 Å². The molecule has 2 rings (SSSR count). The molecule has 1 fully saturated rings. The molecule has 1 aromatic rings. The van der Waals surface area contributed by atoms with Crippen LogP contribution in [0.25, 0.3) is 0 Å². The minimum atomic E-state index is 0.126. The Hall–Kier alpha value is -1.58. The van der Waals surface area contributed by atoms with Crippen LogP contribution in [0.4, 0.5) is 5.82 Å². The zero-order chi connectivity index (χ0) is 10.5. The third-order valence-electron chi connectivity index (χ3n) is 2.27. The van der Waals surface area contributed by atoms with Crippen molar-refractivity contribution in [1.29, 1.82) is 0 Å². The third kappa shape index (κ3) is 3.58. The van der Waals surface area contributed by atoms with Gasteiger partial charge in [0.25, 0.3) is 0 Å². The zero-order valence-corrected chi connectivity index (χ0v) is 8.57. The number of hydrogen-bond donors (Lipinski definition) is 2. The summed E-state index contributed by atoms with van der Waals surface area (Å²) in [6.07, 6.45) is 4.51. The van der Waals surface area contributed by atoms with Crippen LogP contribution in [-0.2, 0) is 4.79 Å². The molecule has 1 heterocycles. The first-order valence-electron chi connectivity index (χ1n) is 5.29. The maximum Gasteiger partial charge on any atom is 0.221 e. The van der Waals surface area contributed by atoms with Gasteiger partial charge in [0.2, 0.25) is 5.91 Å². The summed E-state index contributed by atoms with van der Waals surface area (Å²) in [5, 5.41) is 6.04. The second kappa shape index (κ2) is 4.77. The van der Waals surface area contributed by atoms with Gasteiger partial charge in [-0.05, 0) is 25.0 Å². The number of carbonyl (C=O) groups excluding carboxylic acids is 1. The van der Waals surface area contributed by atoms with Crippen LogP contribution in [0.15, 0.2) is 24.4 Å². The number of carbonyl (C=O) groups is 1. The highest BCUT2D eigenvalue weighted by Crippen LogP contribution is 2.18. The van der Waals surface area contributed by atoms with E-state index in [2.05, 4.69) is 15.6 Å². The average Bonchev–Trinajstić information content (AvgIpc) is 3.03. The molecule has 1 aromatic heterocycles. The zero-order valence-electron chi connectivity index (χ0n) is 8.57. The fraction of sp³-hybridized carbons (Fsp3) is 0.455. The molecule has 4 heteroatoms. The van der Waals surface area contributed by atoms with Crippen LogP contribution < -0.4 is 10.6 Å². The maximum absolute atomic E-state index is 11.3. The molecule has 0 aliphatic heterocycles. The minimum Gasteiger partial charge on any atom is -0.370 e. The van der Waals surface area contributed by atoms with E-state index in [-0.39, 0.29) is 5.91 Å². The van der Waals surface area contributed by atoms with Crippen LogP contribution in [0.3, 0.4) is 0 Å². The smallest absolute Gasteiger partial charge is 0.221 e. The standard InChI is InChI=1S/C11H15N3O/c15-11(14-9-4-5-9)6-8-13-10-3-1-2-7-12-10/h1-3,7,9H,4-6,8H2,(H,12,13)(H,14,15). The lowest BCUT2D eigenvalue weighted by molar-refractivity contribution is -0.120. The van der Waals surface area contributed by atoms with E-state index in [9.17, 15) is 4.79 Å². The van der Waals surface area contributed by atoms with Gasteiger partial charge >= 0.3 is 0 Å². The Labute approximate surface area is 89.1 Å². The van der Waals surface area contributed by atoms with Gasteiger partial charge in [-0.3, -0.25) is 4.79 Å². The lowest BCUT2D eigenvalue weighted by Gasteiger charge is -2.05. The topological polar surface area (TPSA) is 54.0 Å². The molecular weight excluding hydrogens is 190 g/mol. The summed E-state index contributed by atoms with van der Waals surface area (Å²) in [6.45, 7) is 0.634. The summed E-state index contributed by atoms with van der Waals surface area (Å²) in [5.41, 5.74) is 0. The molecule has 1 aliphatic carbocycles. The molecule has 2 N–H and O–H groups in total. The van der Waals surface area contributed by atoms with Crippen LogP contribution in [0.2, 0.25) is 0 Å². The van der Waals surface area contributed by atoms with Gasteiger partial charge in [-0.25, -0.2) is 4.98 Å². The first-order valence-corrected chi connectivity index (χ1v) is 5.29. The molecule has 4 nitrogen and oxygen atoms in total. The number of anilines is 1. The van der Waals surface area contributed by atoms with E-state index in [0.29, 0.717) is 19.0 Å². The number of nitrogens with one attached hydrogen (secondary N) is 2. The predicted octanol–water partition coefficient (Wildman–Crippen LogP) is 1.16. The van der Waals surface area contributed by atoms with E-state index in [1.165, 1.54) is 0 Å². The molecule has 0 aromatic carbocycles. The number of rotatable bonds is 5. The van der Waals surface area contributed by atoms with Gasteiger partial charge in [0.15, 0.2) is 0 Å². The molecule has 0 bridgehead atoms. The van der Waals surface area contributed by atoms with Crippen molar-refractivity contribution in [2.24, 2.45) is 0 Å². The fourth-order valence-electron chi connectivity index (χ4n) is 1.30. The van der Waals surface area contributed by atoms with Crippen LogP contribution in [-0.4, -0.2) is 23.5 Å². The van der Waals surface area contributed by atoms with Gasteiger partial charge in [0.05, 0.1) is 0 Å². The monoisotopic (exact) mass is 205 g/mol. The number of pyridine rings is 1. The molecule has 1 amide bonds. The number of aromatic nitrogens is 1. The Balaban J connectivity index is 1.63. The second-order valence-corrected chi connectivity index (χ2v) is 3.73. The number of hydrogen-bond acceptors (Lipinski definition) is 3. The molecule has 0 unspecified atom stereocenters. The highest BCUT2D eigenvalue weighted by molar-refractivity contribution is 5.77. The Bertz CT molecular complexity index is 322. The van der Waals surface area contributed by atoms with Crippen molar-refractivity contribution >= 4 is 11.7 Å². The highest BCUT2D eigenvalue weighted by atomic mass is 16.1. The van der Waals surface area contributed by atoms with Gasteiger partial charge in [0, 0.05) is 25.2 Å². The van der Waals surface area contributed by atoms with Crippen molar-refractivity contribution in [3.05, 3.63) is 24.4 Å². The van der Waals surface area contributed by atoms with Gasteiger partial charge in [0.1, 0.15) is 5.82 Å². The molecular formula is C11H15N3O. The van der Waals surface area contributed by atoms with Gasteiger partial charge in [-0.15, -0.1) is 0 Å². The molecule has 15 heavy (non-hydrogen) atoms. The average molecular weight is 205 g/mol. The largest absolute Gasteiger partial charge is 0.370 e.